The number of carboxylic acids is 1. The first kappa shape index (κ1) is 11.3. The number of aliphatic carboxylic acids is 1. The molecule has 1 aromatic rings. The molecule has 1 heterocycles. The van der Waals surface area contributed by atoms with Crippen molar-refractivity contribution in [3.8, 4) is 0 Å². The van der Waals surface area contributed by atoms with Crippen LogP contribution < -0.4 is 0 Å². The number of rotatable bonds is 4. The van der Waals surface area contributed by atoms with Gasteiger partial charge in [-0.3, -0.25) is 4.79 Å². The van der Waals surface area contributed by atoms with E-state index in [9.17, 15) is 9.59 Å². The highest BCUT2D eigenvalue weighted by Gasteiger charge is 2.25. The van der Waals surface area contributed by atoms with Crippen LogP contribution in [-0.2, 0) is 4.79 Å². The van der Waals surface area contributed by atoms with Crippen LogP contribution in [0.3, 0.4) is 0 Å². The molecule has 0 saturated carbocycles. The predicted octanol–water partition coefficient (Wildman–Crippen LogP) is 1.21. The SMILES string of the molecule is CCC(C(=O)O)N(C)C(=O)c1ccoc1. The van der Waals surface area contributed by atoms with Crippen molar-refractivity contribution in [2.24, 2.45) is 0 Å². The number of carbonyl (C=O) groups excluding carboxylic acids is 1. The highest BCUT2D eigenvalue weighted by Crippen LogP contribution is 2.09. The van der Waals surface area contributed by atoms with Gasteiger partial charge in [-0.25, -0.2) is 4.79 Å². The fourth-order valence-electron chi connectivity index (χ4n) is 1.35. The zero-order chi connectivity index (χ0) is 11.4. The van der Waals surface area contributed by atoms with Crippen LogP contribution in [0, 0.1) is 0 Å². The van der Waals surface area contributed by atoms with E-state index < -0.39 is 12.0 Å². The molecule has 0 spiro atoms. The molecule has 15 heavy (non-hydrogen) atoms. The maximum atomic E-state index is 11.7. The fourth-order valence-corrected chi connectivity index (χ4v) is 1.35. The van der Waals surface area contributed by atoms with Gasteiger partial charge >= 0.3 is 5.97 Å². The van der Waals surface area contributed by atoms with E-state index in [1.54, 1.807) is 6.92 Å². The lowest BCUT2D eigenvalue weighted by Crippen LogP contribution is -2.41. The minimum atomic E-state index is -1.00. The van der Waals surface area contributed by atoms with Crippen LogP contribution in [0.15, 0.2) is 23.0 Å². The molecule has 0 aliphatic carbocycles. The van der Waals surface area contributed by atoms with Gasteiger partial charge in [-0.2, -0.15) is 0 Å². The van der Waals surface area contributed by atoms with Crippen molar-refractivity contribution in [1.29, 1.82) is 0 Å². The molecule has 0 radical (unpaired) electrons. The van der Waals surface area contributed by atoms with E-state index in [1.807, 2.05) is 0 Å². The molecule has 1 amide bonds. The number of carbonyl (C=O) groups is 2. The van der Waals surface area contributed by atoms with Crippen LogP contribution >= 0.6 is 0 Å². The molecule has 0 aliphatic rings. The number of nitrogens with zero attached hydrogens (tertiary/aromatic N) is 1. The molecule has 5 heteroatoms. The highest BCUT2D eigenvalue weighted by molar-refractivity contribution is 5.96. The summed E-state index contributed by atoms with van der Waals surface area (Å²) in [7, 11) is 1.47. The molecule has 0 aromatic carbocycles. The average Bonchev–Trinajstić information content (AvgIpc) is 2.69. The maximum Gasteiger partial charge on any atom is 0.326 e. The second-order valence-electron chi connectivity index (χ2n) is 3.19. The third kappa shape index (κ3) is 2.37. The van der Waals surface area contributed by atoms with E-state index in [0.29, 0.717) is 12.0 Å². The summed E-state index contributed by atoms with van der Waals surface area (Å²) in [4.78, 5) is 23.7. The number of amides is 1. The van der Waals surface area contributed by atoms with Crippen molar-refractivity contribution in [2.75, 3.05) is 7.05 Å². The van der Waals surface area contributed by atoms with Crippen molar-refractivity contribution in [1.82, 2.24) is 4.90 Å². The van der Waals surface area contributed by atoms with Crippen molar-refractivity contribution in [3.05, 3.63) is 24.2 Å². The Morgan fingerprint density at radius 2 is 2.27 bits per heavy atom. The Bertz CT molecular complexity index is 344. The molecule has 1 unspecified atom stereocenters. The van der Waals surface area contributed by atoms with Gasteiger partial charge in [0.25, 0.3) is 5.91 Å². The second kappa shape index (κ2) is 4.63. The van der Waals surface area contributed by atoms with Crippen molar-refractivity contribution >= 4 is 11.9 Å². The van der Waals surface area contributed by atoms with Crippen LogP contribution in [0.2, 0.25) is 0 Å². The van der Waals surface area contributed by atoms with Gasteiger partial charge < -0.3 is 14.4 Å². The smallest absolute Gasteiger partial charge is 0.326 e. The van der Waals surface area contributed by atoms with Gasteiger partial charge in [0, 0.05) is 7.05 Å². The van der Waals surface area contributed by atoms with E-state index in [0.717, 1.165) is 0 Å². The van der Waals surface area contributed by atoms with Gasteiger partial charge in [0.1, 0.15) is 12.3 Å². The molecule has 1 rings (SSSR count). The van der Waals surface area contributed by atoms with Crippen LogP contribution in [0.5, 0.6) is 0 Å². The lowest BCUT2D eigenvalue weighted by molar-refractivity contribution is -0.142. The zero-order valence-corrected chi connectivity index (χ0v) is 8.64. The lowest BCUT2D eigenvalue weighted by atomic mass is 10.2. The monoisotopic (exact) mass is 211 g/mol. The molecule has 0 aliphatic heterocycles. The quantitative estimate of drug-likeness (QED) is 0.812. The first-order valence-corrected chi connectivity index (χ1v) is 4.60. The fraction of sp³-hybridized carbons (Fsp3) is 0.400. The minimum Gasteiger partial charge on any atom is -0.480 e. The summed E-state index contributed by atoms with van der Waals surface area (Å²) in [6.07, 6.45) is 3.05. The molecule has 82 valence electrons. The number of carboxylic acid groups (broad SMARTS) is 1. The topological polar surface area (TPSA) is 70.8 Å². The largest absolute Gasteiger partial charge is 0.480 e. The summed E-state index contributed by atoms with van der Waals surface area (Å²) < 4.78 is 4.76. The predicted molar refractivity (Wildman–Crippen MR) is 52.5 cm³/mol. The Hall–Kier alpha value is -1.78. The van der Waals surface area contributed by atoms with Gasteiger partial charge in [-0.15, -0.1) is 0 Å². The van der Waals surface area contributed by atoms with Crippen molar-refractivity contribution in [3.63, 3.8) is 0 Å². The molecule has 1 N–H and O–H groups in total. The van der Waals surface area contributed by atoms with Crippen LogP contribution in [0.25, 0.3) is 0 Å². The Balaban J connectivity index is 2.80. The number of hydrogen-bond donors (Lipinski definition) is 1. The Morgan fingerprint density at radius 3 is 2.67 bits per heavy atom. The maximum absolute atomic E-state index is 11.7. The standard InChI is InChI=1S/C10H13NO4/c1-3-8(10(13)14)11(2)9(12)7-4-5-15-6-7/h4-6,8H,3H2,1-2H3,(H,13,14). The number of hydrogen-bond acceptors (Lipinski definition) is 3. The van der Waals surface area contributed by atoms with E-state index >= 15 is 0 Å². The second-order valence-corrected chi connectivity index (χ2v) is 3.19. The van der Waals surface area contributed by atoms with Gasteiger partial charge in [0.15, 0.2) is 0 Å². The third-order valence-electron chi connectivity index (χ3n) is 2.23. The normalized spacial score (nSPS) is 12.1. The summed E-state index contributed by atoms with van der Waals surface area (Å²) in [5.74, 6) is -1.35. The van der Waals surface area contributed by atoms with Crippen LogP contribution in [0.1, 0.15) is 23.7 Å². The Kier molecular flexibility index (Phi) is 3.49. The molecule has 5 nitrogen and oxygen atoms in total. The Labute approximate surface area is 87.3 Å². The average molecular weight is 211 g/mol. The van der Waals surface area contributed by atoms with Crippen LogP contribution in [-0.4, -0.2) is 35.0 Å². The van der Waals surface area contributed by atoms with Gasteiger partial charge in [0.05, 0.1) is 11.8 Å². The highest BCUT2D eigenvalue weighted by atomic mass is 16.4. The van der Waals surface area contributed by atoms with E-state index in [1.165, 1.54) is 30.5 Å². The molecule has 0 fully saturated rings. The van der Waals surface area contributed by atoms with Crippen molar-refractivity contribution in [2.45, 2.75) is 19.4 Å². The molecule has 0 bridgehead atoms. The molecule has 1 aromatic heterocycles. The van der Waals surface area contributed by atoms with E-state index in [2.05, 4.69) is 0 Å². The third-order valence-corrected chi connectivity index (χ3v) is 2.23. The van der Waals surface area contributed by atoms with Gasteiger partial charge in [-0.1, -0.05) is 6.92 Å². The lowest BCUT2D eigenvalue weighted by Gasteiger charge is -2.22. The number of likely N-dealkylation sites (N-methyl/N-ethyl adjacent to an activating group) is 1. The van der Waals surface area contributed by atoms with Crippen LogP contribution in [0.4, 0.5) is 0 Å². The van der Waals surface area contributed by atoms with E-state index in [-0.39, 0.29) is 5.91 Å². The minimum absolute atomic E-state index is 0.349. The Morgan fingerprint density at radius 1 is 1.60 bits per heavy atom. The number of furan rings is 1. The first-order valence-electron chi connectivity index (χ1n) is 4.60. The molecule has 0 saturated heterocycles. The van der Waals surface area contributed by atoms with Gasteiger partial charge in [-0.05, 0) is 12.5 Å². The summed E-state index contributed by atoms with van der Waals surface area (Å²) in [5.41, 5.74) is 0.359. The summed E-state index contributed by atoms with van der Waals surface area (Å²) in [6, 6.07) is 0.709. The molecule has 1 atom stereocenters. The first-order chi connectivity index (χ1) is 7.07. The summed E-state index contributed by atoms with van der Waals surface area (Å²) in [6.45, 7) is 1.72. The molecular weight excluding hydrogens is 198 g/mol. The molecular formula is C10H13NO4. The zero-order valence-electron chi connectivity index (χ0n) is 8.64. The van der Waals surface area contributed by atoms with Crippen molar-refractivity contribution < 1.29 is 19.1 Å². The summed E-state index contributed by atoms with van der Waals surface area (Å²) >= 11 is 0. The summed E-state index contributed by atoms with van der Waals surface area (Å²) in [5, 5.41) is 8.87. The van der Waals surface area contributed by atoms with Gasteiger partial charge in [0.2, 0.25) is 0 Å². The van der Waals surface area contributed by atoms with E-state index in [4.69, 9.17) is 9.52 Å².